The summed E-state index contributed by atoms with van der Waals surface area (Å²) in [7, 11) is 0. The molecule has 1 aliphatic rings. The fourth-order valence-electron chi connectivity index (χ4n) is 1.51. The molecule has 0 saturated heterocycles. The first-order valence-corrected chi connectivity index (χ1v) is 6.25. The van der Waals surface area contributed by atoms with Gasteiger partial charge in [-0.25, -0.2) is 5.43 Å². The standard InChI is InChI=1S/C13H21N3O3/c1-9(8-11(17)14-13(2,3)4)15-16-12(18)10-6-5-7-19-10/h6H,5,7-8H2,1-4H3,(H,14,17)(H,16,18)/b15-9+. The Bertz CT molecular complexity index is 419. The van der Waals surface area contributed by atoms with E-state index < -0.39 is 0 Å². The molecule has 1 rings (SSSR count). The topological polar surface area (TPSA) is 79.8 Å². The minimum absolute atomic E-state index is 0.126. The van der Waals surface area contributed by atoms with Crippen LogP contribution in [0, 0.1) is 0 Å². The molecule has 2 amide bonds. The van der Waals surface area contributed by atoms with E-state index in [1.165, 1.54) is 0 Å². The molecule has 0 aromatic carbocycles. The van der Waals surface area contributed by atoms with Gasteiger partial charge in [-0.3, -0.25) is 9.59 Å². The number of hydrogen-bond acceptors (Lipinski definition) is 4. The number of amides is 2. The van der Waals surface area contributed by atoms with Crippen LogP contribution >= 0.6 is 0 Å². The highest BCUT2D eigenvalue weighted by Crippen LogP contribution is 2.08. The van der Waals surface area contributed by atoms with Crippen LogP contribution in [0.5, 0.6) is 0 Å². The summed E-state index contributed by atoms with van der Waals surface area (Å²) in [5, 5.41) is 6.70. The van der Waals surface area contributed by atoms with Crippen LogP contribution in [0.1, 0.15) is 40.5 Å². The molecule has 0 aromatic heterocycles. The maximum Gasteiger partial charge on any atom is 0.306 e. The largest absolute Gasteiger partial charge is 0.488 e. The van der Waals surface area contributed by atoms with Crippen LogP contribution in [-0.2, 0) is 14.3 Å². The van der Waals surface area contributed by atoms with Gasteiger partial charge >= 0.3 is 5.91 Å². The molecule has 19 heavy (non-hydrogen) atoms. The Morgan fingerprint density at radius 1 is 1.42 bits per heavy atom. The molecular formula is C13H21N3O3. The lowest BCUT2D eigenvalue weighted by Gasteiger charge is -2.20. The van der Waals surface area contributed by atoms with Gasteiger partial charge in [0.25, 0.3) is 0 Å². The zero-order chi connectivity index (χ0) is 14.5. The second kappa shape index (κ2) is 6.36. The van der Waals surface area contributed by atoms with E-state index in [1.54, 1.807) is 13.0 Å². The maximum absolute atomic E-state index is 11.6. The van der Waals surface area contributed by atoms with E-state index in [2.05, 4.69) is 15.8 Å². The molecule has 2 N–H and O–H groups in total. The Balaban J connectivity index is 2.40. The van der Waals surface area contributed by atoms with Crippen molar-refractivity contribution >= 4 is 17.5 Å². The van der Waals surface area contributed by atoms with E-state index >= 15 is 0 Å². The summed E-state index contributed by atoms with van der Waals surface area (Å²) in [5.74, 6) is -0.219. The van der Waals surface area contributed by atoms with Crippen molar-refractivity contribution in [2.75, 3.05) is 6.61 Å². The van der Waals surface area contributed by atoms with E-state index in [9.17, 15) is 9.59 Å². The fourth-order valence-corrected chi connectivity index (χ4v) is 1.51. The second-order valence-corrected chi connectivity index (χ2v) is 5.47. The third-order valence-electron chi connectivity index (χ3n) is 2.21. The highest BCUT2D eigenvalue weighted by Gasteiger charge is 2.16. The number of hydrogen-bond donors (Lipinski definition) is 2. The molecule has 0 bridgehead atoms. The van der Waals surface area contributed by atoms with Gasteiger partial charge in [0.05, 0.1) is 13.0 Å². The number of carbonyl (C=O) groups is 2. The van der Waals surface area contributed by atoms with Crippen LogP contribution in [0.25, 0.3) is 0 Å². The number of ether oxygens (including phenoxy) is 1. The summed E-state index contributed by atoms with van der Waals surface area (Å²) in [4.78, 5) is 23.2. The van der Waals surface area contributed by atoms with E-state index in [0.29, 0.717) is 12.3 Å². The van der Waals surface area contributed by atoms with Gasteiger partial charge in [-0.1, -0.05) is 0 Å². The summed E-state index contributed by atoms with van der Waals surface area (Å²) in [6.45, 7) is 7.93. The summed E-state index contributed by atoms with van der Waals surface area (Å²) < 4.78 is 5.09. The maximum atomic E-state index is 11.6. The average molecular weight is 267 g/mol. The summed E-state index contributed by atoms with van der Waals surface area (Å²) in [6.07, 6.45) is 2.60. The first kappa shape index (κ1) is 15.2. The lowest BCUT2D eigenvalue weighted by Crippen LogP contribution is -2.41. The lowest BCUT2D eigenvalue weighted by atomic mass is 10.1. The van der Waals surface area contributed by atoms with Crippen molar-refractivity contribution in [3.8, 4) is 0 Å². The molecule has 106 valence electrons. The molecule has 1 aliphatic heterocycles. The fraction of sp³-hybridized carbons (Fsp3) is 0.615. The second-order valence-electron chi connectivity index (χ2n) is 5.47. The molecule has 6 heteroatoms. The number of carbonyl (C=O) groups excluding carboxylic acids is 2. The minimum Gasteiger partial charge on any atom is -0.488 e. The van der Waals surface area contributed by atoms with Crippen molar-refractivity contribution in [3.05, 3.63) is 11.8 Å². The van der Waals surface area contributed by atoms with E-state index in [4.69, 9.17) is 4.74 Å². The van der Waals surface area contributed by atoms with Crippen molar-refractivity contribution in [3.63, 3.8) is 0 Å². The van der Waals surface area contributed by atoms with Gasteiger partial charge < -0.3 is 10.1 Å². The Hall–Kier alpha value is -1.85. The van der Waals surface area contributed by atoms with Gasteiger partial charge in [0.1, 0.15) is 0 Å². The highest BCUT2D eigenvalue weighted by atomic mass is 16.5. The summed E-state index contributed by atoms with van der Waals surface area (Å²) >= 11 is 0. The number of rotatable bonds is 4. The molecule has 6 nitrogen and oxygen atoms in total. The van der Waals surface area contributed by atoms with E-state index in [-0.39, 0.29) is 29.5 Å². The molecule has 0 radical (unpaired) electrons. The predicted molar refractivity (Wildman–Crippen MR) is 72.4 cm³/mol. The minimum atomic E-state index is -0.381. The molecule has 0 aliphatic carbocycles. The Morgan fingerprint density at radius 2 is 2.11 bits per heavy atom. The molecule has 0 fully saturated rings. The van der Waals surface area contributed by atoms with Gasteiger partial charge in [-0.2, -0.15) is 5.10 Å². The average Bonchev–Trinajstić information content (AvgIpc) is 2.76. The molecule has 0 atom stereocenters. The molecule has 0 unspecified atom stereocenters. The predicted octanol–water partition coefficient (Wildman–Crippen LogP) is 1.09. The van der Waals surface area contributed by atoms with Crippen LogP contribution in [0.15, 0.2) is 16.9 Å². The normalized spacial score (nSPS) is 15.6. The third-order valence-corrected chi connectivity index (χ3v) is 2.21. The molecule has 0 spiro atoms. The van der Waals surface area contributed by atoms with Crippen LogP contribution in [0.4, 0.5) is 0 Å². The number of nitrogens with one attached hydrogen (secondary N) is 2. The Labute approximate surface area is 113 Å². The molecule has 1 heterocycles. The van der Waals surface area contributed by atoms with Crippen molar-refractivity contribution in [1.82, 2.24) is 10.7 Å². The molecular weight excluding hydrogens is 246 g/mol. The van der Waals surface area contributed by atoms with Crippen LogP contribution in [0.2, 0.25) is 0 Å². The van der Waals surface area contributed by atoms with Crippen LogP contribution in [0.3, 0.4) is 0 Å². The Morgan fingerprint density at radius 3 is 2.63 bits per heavy atom. The lowest BCUT2D eigenvalue weighted by molar-refractivity contribution is -0.122. The monoisotopic (exact) mass is 267 g/mol. The quantitative estimate of drug-likeness (QED) is 0.591. The van der Waals surface area contributed by atoms with Crippen molar-refractivity contribution in [1.29, 1.82) is 0 Å². The first-order chi connectivity index (χ1) is 8.78. The van der Waals surface area contributed by atoms with Gasteiger partial charge in [-0.05, 0) is 33.8 Å². The highest BCUT2D eigenvalue weighted by molar-refractivity contribution is 6.01. The number of nitrogens with zero attached hydrogens (tertiary/aromatic N) is 1. The smallest absolute Gasteiger partial charge is 0.306 e. The van der Waals surface area contributed by atoms with Gasteiger partial charge in [0.2, 0.25) is 5.91 Å². The number of hydrazone groups is 1. The zero-order valence-electron chi connectivity index (χ0n) is 11.9. The van der Waals surface area contributed by atoms with Gasteiger partial charge in [0.15, 0.2) is 5.76 Å². The van der Waals surface area contributed by atoms with Gasteiger partial charge in [0, 0.05) is 17.7 Å². The summed E-state index contributed by atoms with van der Waals surface area (Å²) in [6, 6.07) is 0. The van der Waals surface area contributed by atoms with Crippen LogP contribution < -0.4 is 10.7 Å². The SMILES string of the molecule is C/C(CC(=O)NC(C)(C)C)=N\NC(=O)C1=CCCO1. The Kier molecular flexibility index (Phi) is 5.09. The van der Waals surface area contributed by atoms with E-state index in [1.807, 2.05) is 20.8 Å². The van der Waals surface area contributed by atoms with Crippen LogP contribution in [-0.4, -0.2) is 29.7 Å². The van der Waals surface area contributed by atoms with Crippen molar-refractivity contribution in [2.45, 2.75) is 46.1 Å². The first-order valence-electron chi connectivity index (χ1n) is 6.25. The summed E-state index contributed by atoms with van der Waals surface area (Å²) in [5.41, 5.74) is 2.63. The van der Waals surface area contributed by atoms with Gasteiger partial charge in [-0.15, -0.1) is 0 Å². The third kappa shape index (κ3) is 6.03. The zero-order valence-corrected chi connectivity index (χ0v) is 11.9. The van der Waals surface area contributed by atoms with Crippen molar-refractivity contribution < 1.29 is 14.3 Å². The molecule has 0 saturated carbocycles. The van der Waals surface area contributed by atoms with Crippen molar-refractivity contribution in [2.24, 2.45) is 5.10 Å². The molecule has 0 aromatic rings. The van der Waals surface area contributed by atoms with E-state index in [0.717, 1.165) is 6.42 Å².